The molecule has 0 aliphatic rings. The van der Waals surface area contributed by atoms with Crippen molar-refractivity contribution in [3.05, 3.63) is 60.0 Å². The van der Waals surface area contributed by atoms with Crippen LogP contribution in [-0.2, 0) is 11.3 Å². The number of amides is 1. The standard InChI is InChI=1S/C18H18N4O2/c1-12-8-9-15(20-13(2)23)10-16(12)19-11-17-21-22-18(24-17)14-6-4-3-5-7-14/h3-10,19H,11H2,1-2H3,(H,20,23). The first-order valence-electron chi connectivity index (χ1n) is 7.62. The molecule has 1 heterocycles. The SMILES string of the molecule is CC(=O)Nc1ccc(C)c(NCc2nnc(-c3ccccc3)o2)c1. The van der Waals surface area contributed by atoms with Crippen LogP contribution in [0.15, 0.2) is 52.9 Å². The Balaban J connectivity index is 1.70. The average molecular weight is 322 g/mol. The minimum absolute atomic E-state index is 0.103. The Labute approximate surface area is 139 Å². The number of anilines is 2. The van der Waals surface area contributed by atoms with E-state index in [0.29, 0.717) is 18.3 Å². The van der Waals surface area contributed by atoms with Gasteiger partial charge in [0.05, 0.1) is 6.54 Å². The lowest BCUT2D eigenvalue weighted by Gasteiger charge is -2.10. The number of rotatable bonds is 5. The molecule has 6 nitrogen and oxygen atoms in total. The summed E-state index contributed by atoms with van der Waals surface area (Å²) in [7, 11) is 0. The maximum atomic E-state index is 11.2. The minimum Gasteiger partial charge on any atom is -0.419 e. The Morgan fingerprint density at radius 3 is 2.67 bits per heavy atom. The van der Waals surface area contributed by atoms with E-state index in [-0.39, 0.29) is 5.91 Å². The molecule has 0 bridgehead atoms. The quantitative estimate of drug-likeness (QED) is 0.750. The first kappa shape index (κ1) is 15.7. The second-order valence-corrected chi connectivity index (χ2v) is 5.43. The summed E-state index contributed by atoms with van der Waals surface area (Å²) in [6.45, 7) is 3.88. The normalized spacial score (nSPS) is 10.4. The molecule has 24 heavy (non-hydrogen) atoms. The smallest absolute Gasteiger partial charge is 0.247 e. The largest absolute Gasteiger partial charge is 0.419 e. The van der Waals surface area contributed by atoms with Gasteiger partial charge in [0.2, 0.25) is 17.7 Å². The van der Waals surface area contributed by atoms with E-state index in [9.17, 15) is 4.79 Å². The summed E-state index contributed by atoms with van der Waals surface area (Å²) in [6, 6.07) is 15.3. The van der Waals surface area contributed by atoms with E-state index in [1.165, 1.54) is 6.92 Å². The van der Waals surface area contributed by atoms with Gasteiger partial charge in [0.15, 0.2) is 0 Å². The lowest BCUT2D eigenvalue weighted by atomic mass is 10.2. The van der Waals surface area contributed by atoms with E-state index in [1.807, 2.05) is 55.5 Å². The highest BCUT2D eigenvalue weighted by Gasteiger charge is 2.09. The van der Waals surface area contributed by atoms with Crippen LogP contribution in [0.5, 0.6) is 0 Å². The third-order valence-electron chi connectivity index (χ3n) is 3.48. The second-order valence-electron chi connectivity index (χ2n) is 5.43. The first-order chi connectivity index (χ1) is 11.6. The first-order valence-corrected chi connectivity index (χ1v) is 7.62. The fourth-order valence-electron chi connectivity index (χ4n) is 2.29. The monoisotopic (exact) mass is 322 g/mol. The molecule has 2 aromatic carbocycles. The molecule has 0 saturated carbocycles. The second kappa shape index (κ2) is 6.95. The molecule has 0 spiro atoms. The molecule has 1 aromatic heterocycles. The van der Waals surface area contributed by atoms with E-state index in [4.69, 9.17) is 4.42 Å². The van der Waals surface area contributed by atoms with Crippen LogP contribution in [0.1, 0.15) is 18.4 Å². The molecule has 0 fully saturated rings. The Morgan fingerprint density at radius 2 is 1.92 bits per heavy atom. The third kappa shape index (κ3) is 3.78. The van der Waals surface area contributed by atoms with Gasteiger partial charge in [-0.05, 0) is 36.8 Å². The van der Waals surface area contributed by atoms with Gasteiger partial charge in [-0.15, -0.1) is 10.2 Å². The van der Waals surface area contributed by atoms with Gasteiger partial charge in [-0.2, -0.15) is 0 Å². The molecule has 122 valence electrons. The van der Waals surface area contributed by atoms with Crippen LogP contribution in [-0.4, -0.2) is 16.1 Å². The lowest BCUT2D eigenvalue weighted by Crippen LogP contribution is -2.07. The zero-order valence-electron chi connectivity index (χ0n) is 13.5. The van der Waals surface area contributed by atoms with Gasteiger partial charge in [-0.3, -0.25) is 4.79 Å². The summed E-state index contributed by atoms with van der Waals surface area (Å²) < 4.78 is 5.67. The predicted molar refractivity (Wildman–Crippen MR) is 92.5 cm³/mol. The molecule has 0 unspecified atom stereocenters. The topological polar surface area (TPSA) is 80.0 Å². The van der Waals surface area contributed by atoms with Crippen molar-refractivity contribution in [2.75, 3.05) is 10.6 Å². The molecule has 1 amide bonds. The molecule has 0 aliphatic carbocycles. The molecular formula is C18H18N4O2. The molecule has 3 aromatic rings. The van der Waals surface area contributed by atoms with Crippen molar-refractivity contribution in [2.45, 2.75) is 20.4 Å². The number of carbonyl (C=O) groups is 1. The van der Waals surface area contributed by atoms with E-state index >= 15 is 0 Å². The van der Waals surface area contributed by atoms with Crippen LogP contribution >= 0.6 is 0 Å². The number of aryl methyl sites for hydroxylation is 1. The Hall–Kier alpha value is -3.15. The zero-order valence-corrected chi connectivity index (χ0v) is 13.5. The molecule has 0 aliphatic heterocycles. The van der Waals surface area contributed by atoms with Gasteiger partial charge in [0.1, 0.15) is 0 Å². The maximum Gasteiger partial charge on any atom is 0.247 e. The molecule has 0 atom stereocenters. The number of aromatic nitrogens is 2. The third-order valence-corrected chi connectivity index (χ3v) is 3.48. The molecule has 0 radical (unpaired) electrons. The Bertz CT molecular complexity index is 843. The fraction of sp³-hybridized carbons (Fsp3) is 0.167. The Kier molecular flexibility index (Phi) is 4.56. The van der Waals surface area contributed by atoms with E-state index in [1.54, 1.807) is 0 Å². The predicted octanol–water partition coefficient (Wildman–Crippen LogP) is 3.62. The van der Waals surface area contributed by atoms with E-state index in [2.05, 4.69) is 20.8 Å². The van der Waals surface area contributed by atoms with Crippen LogP contribution in [0.3, 0.4) is 0 Å². The molecular weight excluding hydrogens is 304 g/mol. The lowest BCUT2D eigenvalue weighted by molar-refractivity contribution is -0.114. The van der Waals surface area contributed by atoms with Crippen molar-refractivity contribution in [1.82, 2.24) is 10.2 Å². The highest BCUT2D eigenvalue weighted by atomic mass is 16.4. The molecule has 3 rings (SSSR count). The van der Waals surface area contributed by atoms with Gasteiger partial charge in [0.25, 0.3) is 0 Å². The van der Waals surface area contributed by atoms with Crippen LogP contribution in [0.2, 0.25) is 0 Å². The van der Waals surface area contributed by atoms with Crippen molar-refractivity contribution in [2.24, 2.45) is 0 Å². The van der Waals surface area contributed by atoms with E-state index < -0.39 is 0 Å². The zero-order chi connectivity index (χ0) is 16.9. The van der Waals surface area contributed by atoms with Gasteiger partial charge >= 0.3 is 0 Å². The van der Waals surface area contributed by atoms with Crippen molar-refractivity contribution in [3.63, 3.8) is 0 Å². The number of nitrogens with zero attached hydrogens (tertiary/aromatic N) is 2. The number of benzene rings is 2. The van der Waals surface area contributed by atoms with E-state index in [0.717, 1.165) is 22.5 Å². The number of nitrogens with one attached hydrogen (secondary N) is 2. The van der Waals surface area contributed by atoms with Crippen LogP contribution in [0.4, 0.5) is 11.4 Å². The van der Waals surface area contributed by atoms with Crippen molar-refractivity contribution >= 4 is 17.3 Å². The summed E-state index contributed by atoms with van der Waals surface area (Å²) >= 11 is 0. The number of hydrogen-bond donors (Lipinski definition) is 2. The summed E-state index contributed by atoms with van der Waals surface area (Å²) in [4.78, 5) is 11.2. The van der Waals surface area contributed by atoms with Crippen molar-refractivity contribution < 1.29 is 9.21 Å². The van der Waals surface area contributed by atoms with Gasteiger partial charge in [-0.25, -0.2) is 0 Å². The summed E-state index contributed by atoms with van der Waals surface area (Å²) in [5, 5.41) is 14.1. The van der Waals surface area contributed by atoms with Crippen molar-refractivity contribution in [1.29, 1.82) is 0 Å². The molecule has 0 saturated heterocycles. The minimum atomic E-state index is -0.103. The van der Waals surface area contributed by atoms with Gasteiger partial charge in [-0.1, -0.05) is 24.3 Å². The van der Waals surface area contributed by atoms with Gasteiger partial charge < -0.3 is 15.1 Å². The van der Waals surface area contributed by atoms with Crippen LogP contribution in [0.25, 0.3) is 11.5 Å². The molecule has 6 heteroatoms. The van der Waals surface area contributed by atoms with Crippen LogP contribution < -0.4 is 10.6 Å². The Morgan fingerprint density at radius 1 is 1.12 bits per heavy atom. The highest BCUT2D eigenvalue weighted by Crippen LogP contribution is 2.22. The summed E-state index contributed by atoms with van der Waals surface area (Å²) in [5.74, 6) is 0.892. The number of hydrogen-bond acceptors (Lipinski definition) is 5. The fourth-order valence-corrected chi connectivity index (χ4v) is 2.29. The van der Waals surface area contributed by atoms with Crippen LogP contribution in [0, 0.1) is 6.92 Å². The molecule has 2 N–H and O–H groups in total. The van der Waals surface area contributed by atoms with Gasteiger partial charge in [0, 0.05) is 23.9 Å². The van der Waals surface area contributed by atoms with Crippen molar-refractivity contribution in [3.8, 4) is 11.5 Å². The summed E-state index contributed by atoms with van der Waals surface area (Å²) in [5.41, 5.74) is 3.60. The average Bonchev–Trinajstić information content (AvgIpc) is 3.05. The highest BCUT2D eigenvalue weighted by molar-refractivity contribution is 5.89. The maximum absolute atomic E-state index is 11.2. The number of carbonyl (C=O) groups excluding carboxylic acids is 1. The summed E-state index contributed by atoms with van der Waals surface area (Å²) in [6.07, 6.45) is 0.